The normalized spacial score (nSPS) is 12.7. The summed E-state index contributed by atoms with van der Waals surface area (Å²) in [6.07, 6.45) is 1.44. The van der Waals surface area contributed by atoms with Crippen LogP contribution in [0.4, 0.5) is 0 Å². The third-order valence-corrected chi connectivity index (χ3v) is 6.90. The largest absolute Gasteiger partial charge is 0.380 e. The lowest BCUT2D eigenvalue weighted by molar-refractivity contribution is -0.117. The van der Waals surface area contributed by atoms with Gasteiger partial charge in [0.1, 0.15) is 0 Å². The SMILES string of the molecule is CCOCCn1c(=NC(=O)Cc2cccs2)sc2cc(S(C)(=O)=O)ccc21. The van der Waals surface area contributed by atoms with E-state index in [-0.39, 0.29) is 17.2 Å². The molecule has 3 aromatic rings. The Labute approximate surface area is 165 Å². The highest BCUT2D eigenvalue weighted by Gasteiger charge is 2.13. The number of nitrogens with zero attached hydrogens (tertiary/aromatic N) is 2. The molecule has 1 amide bonds. The molecule has 3 rings (SSSR count). The van der Waals surface area contributed by atoms with Gasteiger partial charge in [0.25, 0.3) is 5.91 Å². The number of aromatic nitrogens is 1. The van der Waals surface area contributed by atoms with Crippen LogP contribution in [0.25, 0.3) is 10.2 Å². The molecule has 0 aliphatic carbocycles. The zero-order valence-electron chi connectivity index (χ0n) is 15.0. The highest BCUT2D eigenvalue weighted by atomic mass is 32.2. The second kappa shape index (κ2) is 8.47. The average molecular weight is 425 g/mol. The molecule has 0 N–H and O–H groups in total. The van der Waals surface area contributed by atoms with E-state index in [0.717, 1.165) is 15.1 Å². The molecule has 144 valence electrons. The van der Waals surface area contributed by atoms with Gasteiger partial charge in [-0.1, -0.05) is 17.4 Å². The molecular weight excluding hydrogens is 404 g/mol. The number of sulfone groups is 1. The number of fused-ring (bicyclic) bond motifs is 1. The first-order valence-electron chi connectivity index (χ1n) is 8.39. The standard InChI is InChI=1S/C18H20N2O4S3/c1-3-24-9-8-20-15-7-6-14(27(2,22)23)12-16(15)26-18(20)19-17(21)11-13-5-4-10-25-13/h4-7,10,12H,3,8-9,11H2,1-2H3. The molecule has 0 unspecified atom stereocenters. The van der Waals surface area contributed by atoms with Crippen LogP contribution in [0.15, 0.2) is 45.6 Å². The van der Waals surface area contributed by atoms with Crippen LogP contribution in [0.3, 0.4) is 0 Å². The molecule has 2 aromatic heterocycles. The van der Waals surface area contributed by atoms with E-state index in [4.69, 9.17) is 4.74 Å². The molecule has 0 spiro atoms. The second-order valence-electron chi connectivity index (χ2n) is 5.90. The van der Waals surface area contributed by atoms with Crippen molar-refractivity contribution in [1.29, 1.82) is 0 Å². The second-order valence-corrected chi connectivity index (χ2v) is 9.95. The molecule has 2 heterocycles. The number of thiophene rings is 1. The highest BCUT2D eigenvalue weighted by molar-refractivity contribution is 7.90. The minimum Gasteiger partial charge on any atom is -0.380 e. The predicted molar refractivity (Wildman–Crippen MR) is 108 cm³/mol. The molecule has 0 saturated carbocycles. The molecule has 0 fully saturated rings. The minimum atomic E-state index is -3.30. The van der Waals surface area contributed by atoms with Gasteiger partial charge in [-0.2, -0.15) is 4.99 Å². The Morgan fingerprint density at radius 1 is 1.30 bits per heavy atom. The molecule has 9 heteroatoms. The molecule has 0 bridgehead atoms. The fourth-order valence-corrected chi connectivity index (χ4v) is 5.12. The topological polar surface area (TPSA) is 77.7 Å². The summed E-state index contributed by atoms with van der Waals surface area (Å²) in [5.74, 6) is -0.225. The number of hydrogen-bond acceptors (Lipinski definition) is 6. The van der Waals surface area contributed by atoms with Gasteiger partial charge in [0.2, 0.25) is 0 Å². The van der Waals surface area contributed by atoms with E-state index in [1.165, 1.54) is 28.9 Å². The third kappa shape index (κ3) is 4.92. The van der Waals surface area contributed by atoms with Crippen molar-refractivity contribution in [3.63, 3.8) is 0 Å². The Kier molecular flexibility index (Phi) is 6.25. The summed E-state index contributed by atoms with van der Waals surface area (Å²) in [6, 6.07) is 8.79. The van der Waals surface area contributed by atoms with Crippen LogP contribution < -0.4 is 4.80 Å². The number of ether oxygens (including phenoxy) is 1. The Morgan fingerprint density at radius 2 is 2.11 bits per heavy atom. The zero-order valence-corrected chi connectivity index (χ0v) is 17.5. The van der Waals surface area contributed by atoms with Crippen LogP contribution >= 0.6 is 22.7 Å². The maximum atomic E-state index is 12.4. The monoisotopic (exact) mass is 424 g/mol. The molecule has 0 aliphatic heterocycles. The van der Waals surface area contributed by atoms with E-state index in [9.17, 15) is 13.2 Å². The van der Waals surface area contributed by atoms with Gasteiger partial charge in [0.05, 0.1) is 28.1 Å². The number of benzene rings is 1. The Morgan fingerprint density at radius 3 is 2.78 bits per heavy atom. The van der Waals surface area contributed by atoms with Crippen LogP contribution in [0.2, 0.25) is 0 Å². The lowest BCUT2D eigenvalue weighted by Crippen LogP contribution is -2.20. The van der Waals surface area contributed by atoms with Crippen molar-refractivity contribution in [3.8, 4) is 0 Å². The zero-order chi connectivity index (χ0) is 19.4. The van der Waals surface area contributed by atoms with Gasteiger partial charge < -0.3 is 9.30 Å². The summed E-state index contributed by atoms with van der Waals surface area (Å²) in [6.45, 7) is 3.55. The maximum Gasteiger partial charge on any atom is 0.253 e. The molecule has 27 heavy (non-hydrogen) atoms. The van der Waals surface area contributed by atoms with E-state index in [2.05, 4.69) is 4.99 Å². The number of rotatable bonds is 7. The van der Waals surface area contributed by atoms with E-state index >= 15 is 0 Å². The van der Waals surface area contributed by atoms with Crippen molar-refractivity contribution in [3.05, 3.63) is 45.4 Å². The van der Waals surface area contributed by atoms with Crippen LogP contribution in [-0.2, 0) is 32.3 Å². The van der Waals surface area contributed by atoms with Crippen molar-refractivity contribution >= 4 is 48.6 Å². The smallest absolute Gasteiger partial charge is 0.253 e. The minimum absolute atomic E-state index is 0.225. The third-order valence-electron chi connectivity index (χ3n) is 3.87. The first-order chi connectivity index (χ1) is 12.9. The van der Waals surface area contributed by atoms with Gasteiger partial charge in [-0.15, -0.1) is 11.3 Å². The van der Waals surface area contributed by atoms with E-state index < -0.39 is 9.84 Å². The first kappa shape index (κ1) is 19.9. The fourth-order valence-electron chi connectivity index (χ4n) is 2.59. The summed E-state index contributed by atoms with van der Waals surface area (Å²) >= 11 is 2.83. The quantitative estimate of drug-likeness (QED) is 0.547. The summed E-state index contributed by atoms with van der Waals surface area (Å²) in [4.78, 5) is 18.4. The summed E-state index contributed by atoms with van der Waals surface area (Å²) in [7, 11) is -3.30. The van der Waals surface area contributed by atoms with Crippen molar-refractivity contribution in [2.24, 2.45) is 4.99 Å². The van der Waals surface area contributed by atoms with Gasteiger partial charge in [-0.05, 0) is 36.6 Å². The predicted octanol–water partition coefficient (Wildman–Crippen LogP) is 2.87. The summed E-state index contributed by atoms with van der Waals surface area (Å²) in [5, 5.41) is 1.93. The van der Waals surface area contributed by atoms with E-state index in [1.54, 1.807) is 18.2 Å². The van der Waals surface area contributed by atoms with E-state index in [0.29, 0.717) is 24.6 Å². The van der Waals surface area contributed by atoms with Crippen molar-refractivity contribution in [2.75, 3.05) is 19.5 Å². The summed E-state index contributed by atoms with van der Waals surface area (Å²) < 4.78 is 31.8. The lowest BCUT2D eigenvalue weighted by atomic mass is 10.3. The number of carbonyl (C=O) groups is 1. The van der Waals surface area contributed by atoms with Crippen molar-refractivity contribution in [2.45, 2.75) is 24.8 Å². The number of hydrogen-bond donors (Lipinski definition) is 0. The number of carbonyl (C=O) groups excluding carboxylic acids is 1. The summed E-state index contributed by atoms with van der Waals surface area (Å²) in [5.41, 5.74) is 0.842. The van der Waals surface area contributed by atoms with Crippen LogP contribution in [0.1, 0.15) is 11.8 Å². The molecule has 1 aromatic carbocycles. The maximum absolute atomic E-state index is 12.4. The van der Waals surface area contributed by atoms with Gasteiger partial charge in [0.15, 0.2) is 14.6 Å². The van der Waals surface area contributed by atoms with Gasteiger partial charge in [-0.25, -0.2) is 8.42 Å². The van der Waals surface area contributed by atoms with Crippen LogP contribution in [0, 0.1) is 0 Å². The Balaban J connectivity index is 2.04. The van der Waals surface area contributed by atoms with Crippen LogP contribution in [0.5, 0.6) is 0 Å². The fraction of sp³-hybridized carbons (Fsp3) is 0.333. The molecule has 0 saturated heterocycles. The average Bonchev–Trinajstić information content (AvgIpc) is 3.22. The highest BCUT2D eigenvalue weighted by Crippen LogP contribution is 2.22. The molecule has 6 nitrogen and oxygen atoms in total. The lowest BCUT2D eigenvalue weighted by Gasteiger charge is -2.06. The Bertz CT molecular complexity index is 1110. The van der Waals surface area contributed by atoms with Gasteiger partial charge >= 0.3 is 0 Å². The Hall–Kier alpha value is -1.81. The van der Waals surface area contributed by atoms with Gasteiger partial charge in [-0.3, -0.25) is 4.79 Å². The molecule has 0 atom stereocenters. The molecular formula is C18H20N2O4S3. The molecule has 0 aliphatic rings. The number of thiazole rings is 1. The van der Waals surface area contributed by atoms with Crippen LogP contribution in [-0.4, -0.2) is 38.4 Å². The van der Waals surface area contributed by atoms with E-state index in [1.807, 2.05) is 29.0 Å². The van der Waals surface area contributed by atoms with Crippen molar-refractivity contribution < 1.29 is 17.9 Å². The van der Waals surface area contributed by atoms with Gasteiger partial charge in [0, 0.05) is 24.3 Å². The molecule has 0 radical (unpaired) electrons. The number of amides is 1. The van der Waals surface area contributed by atoms with Crippen molar-refractivity contribution in [1.82, 2.24) is 4.57 Å². The first-order valence-corrected chi connectivity index (χ1v) is 12.0.